The van der Waals surface area contributed by atoms with Crippen LogP contribution in [0, 0.1) is 6.92 Å². The number of nitrogens with one attached hydrogen (secondary N) is 1. The van der Waals surface area contributed by atoms with Gasteiger partial charge in [0.25, 0.3) is 5.91 Å². The molecule has 6 heteroatoms. The lowest BCUT2D eigenvalue weighted by Crippen LogP contribution is -2.31. The highest BCUT2D eigenvalue weighted by Gasteiger charge is 2.32. The van der Waals surface area contributed by atoms with Crippen LogP contribution in [0.5, 0.6) is 0 Å². The molecule has 4 aromatic carbocycles. The molecule has 0 radical (unpaired) electrons. The Bertz CT molecular complexity index is 1370. The number of alkyl halides is 1. The Kier molecular flexibility index (Phi) is 8.08. The lowest BCUT2D eigenvalue weighted by atomic mass is 9.99. The molecular formula is C30H24BrNO4. The molecule has 0 fully saturated rings. The highest BCUT2D eigenvalue weighted by Crippen LogP contribution is 2.31. The van der Waals surface area contributed by atoms with Crippen LogP contribution >= 0.6 is 15.9 Å². The first-order valence-corrected chi connectivity index (χ1v) is 12.3. The second-order valence-electron chi connectivity index (χ2n) is 8.27. The highest BCUT2D eigenvalue weighted by molar-refractivity contribution is 9.09. The maximum Gasteiger partial charge on any atom is 0.338 e. The van der Waals surface area contributed by atoms with Crippen molar-refractivity contribution in [2.45, 2.75) is 17.9 Å². The molecular weight excluding hydrogens is 518 g/mol. The number of Topliss-reactive ketones (excluding diaryl/α,β-unsaturated/α-hetero) is 1. The van der Waals surface area contributed by atoms with Gasteiger partial charge in [-0.05, 0) is 42.8 Å². The number of halogens is 1. The molecule has 0 heterocycles. The minimum Gasteiger partial charge on any atom is -0.449 e. The lowest BCUT2D eigenvalue weighted by Gasteiger charge is -2.22. The third-order valence-electron chi connectivity index (χ3n) is 5.57. The fraction of sp³-hybridized carbons (Fsp3) is 0.100. The van der Waals surface area contributed by atoms with Crippen LogP contribution in [-0.2, 0) is 4.74 Å². The van der Waals surface area contributed by atoms with Crippen molar-refractivity contribution in [2.75, 3.05) is 5.32 Å². The van der Waals surface area contributed by atoms with Gasteiger partial charge in [0.1, 0.15) is 0 Å². The topological polar surface area (TPSA) is 72.5 Å². The van der Waals surface area contributed by atoms with Crippen LogP contribution < -0.4 is 5.32 Å². The Morgan fingerprint density at radius 1 is 0.722 bits per heavy atom. The van der Waals surface area contributed by atoms with Gasteiger partial charge in [0.05, 0.1) is 10.4 Å². The normalized spacial score (nSPS) is 12.3. The van der Waals surface area contributed by atoms with Crippen LogP contribution in [-0.4, -0.2) is 23.8 Å². The van der Waals surface area contributed by atoms with Crippen LogP contribution in [0.1, 0.15) is 47.0 Å². The Morgan fingerprint density at radius 2 is 1.33 bits per heavy atom. The first-order valence-electron chi connectivity index (χ1n) is 11.4. The smallest absolute Gasteiger partial charge is 0.338 e. The van der Waals surface area contributed by atoms with Crippen molar-refractivity contribution < 1.29 is 19.1 Å². The van der Waals surface area contributed by atoms with Crippen molar-refractivity contribution in [2.24, 2.45) is 0 Å². The summed E-state index contributed by atoms with van der Waals surface area (Å²) in [4.78, 5) is 38.6. The standard InChI is InChI=1S/C30H24BrNO4/c1-20-10-8-15-23(18-20)29(34)32-25-17-9-16-24(19-25)30(35)36-28(26(31)21-11-4-2-5-12-21)27(33)22-13-6-3-7-14-22/h2-19,26,28H,1H3,(H,32,34)/t26-,28-/m0/s1. The molecule has 0 aliphatic heterocycles. The van der Waals surface area contributed by atoms with Crippen LogP contribution in [0.2, 0.25) is 0 Å². The van der Waals surface area contributed by atoms with E-state index in [9.17, 15) is 14.4 Å². The Hall–Kier alpha value is -4.03. The zero-order valence-corrected chi connectivity index (χ0v) is 21.1. The van der Waals surface area contributed by atoms with Crippen molar-refractivity contribution in [3.05, 3.63) is 137 Å². The zero-order chi connectivity index (χ0) is 25.5. The van der Waals surface area contributed by atoms with E-state index in [1.165, 1.54) is 6.07 Å². The number of anilines is 1. The van der Waals surface area contributed by atoms with Crippen LogP contribution in [0.4, 0.5) is 5.69 Å². The monoisotopic (exact) mass is 541 g/mol. The van der Waals surface area contributed by atoms with E-state index in [0.717, 1.165) is 11.1 Å². The molecule has 0 unspecified atom stereocenters. The van der Waals surface area contributed by atoms with E-state index in [-0.39, 0.29) is 17.3 Å². The Balaban J connectivity index is 1.56. The van der Waals surface area contributed by atoms with Gasteiger partial charge in [-0.25, -0.2) is 4.79 Å². The number of ether oxygens (including phenoxy) is 1. The maximum atomic E-state index is 13.4. The molecule has 0 aliphatic carbocycles. The first kappa shape index (κ1) is 25.1. The molecule has 0 aromatic heterocycles. The molecule has 0 bridgehead atoms. The second kappa shape index (κ2) is 11.6. The summed E-state index contributed by atoms with van der Waals surface area (Å²) in [6.07, 6.45) is -1.10. The zero-order valence-electron chi connectivity index (χ0n) is 19.6. The van der Waals surface area contributed by atoms with Gasteiger partial charge >= 0.3 is 5.97 Å². The largest absolute Gasteiger partial charge is 0.449 e. The fourth-order valence-corrected chi connectivity index (χ4v) is 4.37. The van der Waals surface area contributed by atoms with Crippen molar-refractivity contribution in [1.82, 2.24) is 0 Å². The van der Waals surface area contributed by atoms with Gasteiger partial charge in [-0.1, -0.05) is 100 Å². The Labute approximate surface area is 218 Å². The molecule has 1 N–H and O–H groups in total. The number of rotatable bonds is 8. The van der Waals surface area contributed by atoms with E-state index >= 15 is 0 Å². The molecule has 0 spiro atoms. The molecule has 4 rings (SSSR count). The summed E-state index contributed by atoms with van der Waals surface area (Å²) in [6.45, 7) is 1.91. The number of hydrogen-bond acceptors (Lipinski definition) is 4. The second-order valence-corrected chi connectivity index (χ2v) is 9.26. The van der Waals surface area contributed by atoms with Crippen molar-refractivity contribution in [3.63, 3.8) is 0 Å². The fourth-order valence-electron chi connectivity index (χ4n) is 3.72. The number of benzene rings is 4. The quantitative estimate of drug-likeness (QED) is 0.151. The van der Waals surface area contributed by atoms with Gasteiger partial charge in [0.2, 0.25) is 5.78 Å². The van der Waals surface area contributed by atoms with Crippen LogP contribution in [0.3, 0.4) is 0 Å². The van der Waals surface area contributed by atoms with E-state index < -0.39 is 16.9 Å². The van der Waals surface area contributed by atoms with Crippen molar-refractivity contribution in [1.29, 1.82) is 0 Å². The van der Waals surface area contributed by atoms with Gasteiger partial charge in [0, 0.05) is 16.8 Å². The van der Waals surface area contributed by atoms with Crippen LogP contribution in [0.25, 0.3) is 0 Å². The summed E-state index contributed by atoms with van der Waals surface area (Å²) in [6, 6.07) is 31.7. The SMILES string of the molecule is Cc1cccc(C(=O)Nc2cccc(C(=O)O[C@H](C(=O)c3ccccc3)[C@@H](Br)c3ccccc3)c2)c1. The molecule has 0 aliphatic rings. The predicted octanol–water partition coefficient (Wildman–Crippen LogP) is 6.79. The molecule has 36 heavy (non-hydrogen) atoms. The van der Waals surface area contributed by atoms with E-state index in [0.29, 0.717) is 16.8 Å². The molecule has 0 saturated heterocycles. The maximum absolute atomic E-state index is 13.4. The minimum absolute atomic E-state index is 0.218. The summed E-state index contributed by atoms with van der Waals surface area (Å²) >= 11 is 3.58. The molecule has 0 saturated carbocycles. The van der Waals surface area contributed by atoms with E-state index in [2.05, 4.69) is 21.2 Å². The molecule has 180 valence electrons. The van der Waals surface area contributed by atoms with Gasteiger partial charge < -0.3 is 10.1 Å². The lowest BCUT2D eigenvalue weighted by molar-refractivity contribution is 0.0282. The van der Waals surface area contributed by atoms with E-state index in [1.807, 2.05) is 55.5 Å². The van der Waals surface area contributed by atoms with E-state index in [1.54, 1.807) is 54.6 Å². The average molecular weight is 542 g/mol. The van der Waals surface area contributed by atoms with Crippen molar-refractivity contribution >= 4 is 39.3 Å². The number of ketones is 1. The number of amides is 1. The number of aryl methyl sites for hydroxylation is 1. The number of carbonyl (C=O) groups is 3. The minimum atomic E-state index is -1.10. The average Bonchev–Trinajstić information content (AvgIpc) is 2.92. The number of esters is 1. The number of carbonyl (C=O) groups excluding carboxylic acids is 3. The van der Waals surface area contributed by atoms with Crippen molar-refractivity contribution in [3.8, 4) is 0 Å². The number of hydrogen-bond donors (Lipinski definition) is 1. The summed E-state index contributed by atoms with van der Waals surface area (Å²) < 4.78 is 5.78. The molecule has 1 amide bonds. The third-order valence-corrected chi connectivity index (χ3v) is 6.58. The molecule has 4 aromatic rings. The first-order chi connectivity index (χ1) is 17.4. The Morgan fingerprint density at radius 3 is 2.03 bits per heavy atom. The van der Waals surface area contributed by atoms with Crippen LogP contribution in [0.15, 0.2) is 109 Å². The summed E-state index contributed by atoms with van der Waals surface area (Å²) in [5, 5.41) is 2.81. The van der Waals surface area contributed by atoms with E-state index in [4.69, 9.17) is 4.74 Å². The molecule has 5 nitrogen and oxygen atoms in total. The van der Waals surface area contributed by atoms with Gasteiger partial charge in [0.15, 0.2) is 6.10 Å². The summed E-state index contributed by atoms with van der Waals surface area (Å²) in [5.41, 5.74) is 3.39. The van der Waals surface area contributed by atoms with Gasteiger partial charge in [-0.3, -0.25) is 9.59 Å². The van der Waals surface area contributed by atoms with Gasteiger partial charge in [-0.15, -0.1) is 0 Å². The van der Waals surface area contributed by atoms with Gasteiger partial charge in [-0.2, -0.15) is 0 Å². The highest BCUT2D eigenvalue weighted by atomic mass is 79.9. The summed E-state index contributed by atoms with van der Waals surface area (Å²) in [7, 11) is 0. The molecule has 2 atom stereocenters. The predicted molar refractivity (Wildman–Crippen MR) is 144 cm³/mol. The summed E-state index contributed by atoms with van der Waals surface area (Å²) in [5.74, 6) is -1.28. The third kappa shape index (κ3) is 6.15.